The van der Waals surface area contributed by atoms with Gasteiger partial charge in [0.1, 0.15) is 5.76 Å². The molecule has 0 spiro atoms. The smallest absolute Gasteiger partial charge is 0.167 e. The average Bonchev–Trinajstić information content (AvgIpc) is 2.00. The van der Waals surface area contributed by atoms with Crippen LogP contribution in [0, 0.1) is 10.8 Å². The van der Waals surface area contributed by atoms with Crippen molar-refractivity contribution < 1.29 is 9.90 Å². The molecule has 0 aliphatic heterocycles. The third kappa shape index (κ3) is 1.26. The van der Waals surface area contributed by atoms with E-state index in [2.05, 4.69) is 0 Å². The maximum absolute atomic E-state index is 11.2. The van der Waals surface area contributed by atoms with Crippen LogP contribution in [0.3, 0.4) is 0 Å². The molecule has 3 heteroatoms. The summed E-state index contributed by atoms with van der Waals surface area (Å²) >= 11 is 0. The van der Waals surface area contributed by atoms with Gasteiger partial charge in [0.25, 0.3) is 0 Å². The van der Waals surface area contributed by atoms with Crippen LogP contribution in [0.5, 0.6) is 0 Å². The summed E-state index contributed by atoms with van der Waals surface area (Å²) in [5.74, 6) is -0.0597. The second-order valence-electron chi connectivity index (χ2n) is 3.71. The summed E-state index contributed by atoms with van der Waals surface area (Å²) in [5, 5.41) is 16.5. The number of ketones is 1. The van der Waals surface area contributed by atoms with Crippen LogP contribution in [0.4, 0.5) is 0 Å². The first-order chi connectivity index (χ1) is 5.49. The van der Waals surface area contributed by atoms with Crippen LogP contribution in [0.15, 0.2) is 11.3 Å². The summed E-state index contributed by atoms with van der Waals surface area (Å²) in [4.78, 5) is 11.2. The largest absolute Gasteiger partial charge is 0.511 e. The van der Waals surface area contributed by atoms with Crippen molar-refractivity contribution in [2.75, 3.05) is 0 Å². The van der Waals surface area contributed by atoms with Crippen LogP contribution < -0.4 is 0 Å². The zero-order valence-electron chi connectivity index (χ0n) is 7.35. The van der Waals surface area contributed by atoms with Gasteiger partial charge in [0.05, 0.1) is 5.57 Å². The number of Topliss-reactive ketones (excluding diaryl/α,β-unsaturated/α-hetero) is 1. The van der Waals surface area contributed by atoms with Gasteiger partial charge in [0, 0.05) is 18.1 Å². The molecule has 3 nitrogen and oxygen atoms in total. The lowest BCUT2D eigenvalue weighted by molar-refractivity contribution is -0.116. The van der Waals surface area contributed by atoms with Crippen molar-refractivity contribution in [2.24, 2.45) is 5.41 Å². The first-order valence-corrected chi connectivity index (χ1v) is 3.96. The molecule has 0 saturated carbocycles. The van der Waals surface area contributed by atoms with Crippen molar-refractivity contribution in [3.63, 3.8) is 0 Å². The van der Waals surface area contributed by atoms with Gasteiger partial charge in [-0.3, -0.25) is 4.79 Å². The highest BCUT2D eigenvalue weighted by Crippen LogP contribution is 2.36. The molecule has 1 rings (SSSR count). The molecule has 0 aromatic carbocycles. The minimum atomic E-state index is -0.346. The number of carbonyl (C=O) groups is 1. The second-order valence-corrected chi connectivity index (χ2v) is 3.71. The number of carbonyl (C=O) groups excluding carboxylic acids is 1. The molecule has 0 amide bonds. The third-order valence-corrected chi connectivity index (χ3v) is 2.32. The molecule has 2 N–H and O–H groups in total. The molecule has 12 heavy (non-hydrogen) atoms. The number of allylic oxidation sites excluding steroid dienone is 2. The SMILES string of the molecule is CC1(C)CCC(=O)C(C=N)=C1O. The molecule has 66 valence electrons. The van der Waals surface area contributed by atoms with Crippen molar-refractivity contribution in [2.45, 2.75) is 26.7 Å². The topological polar surface area (TPSA) is 61.2 Å². The maximum atomic E-state index is 11.2. The van der Waals surface area contributed by atoms with E-state index in [0.717, 1.165) is 6.21 Å². The Morgan fingerprint density at radius 3 is 2.58 bits per heavy atom. The summed E-state index contributed by atoms with van der Waals surface area (Å²) in [6.45, 7) is 3.75. The van der Waals surface area contributed by atoms with Crippen LogP contribution in [-0.4, -0.2) is 17.1 Å². The summed E-state index contributed by atoms with van der Waals surface area (Å²) in [5.41, 5.74) is -0.174. The van der Waals surface area contributed by atoms with E-state index in [1.807, 2.05) is 13.8 Å². The molecule has 0 radical (unpaired) electrons. The van der Waals surface area contributed by atoms with E-state index in [9.17, 15) is 9.90 Å². The van der Waals surface area contributed by atoms with E-state index in [4.69, 9.17) is 5.41 Å². The molecular weight excluding hydrogens is 154 g/mol. The van der Waals surface area contributed by atoms with E-state index in [-0.39, 0.29) is 22.5 Å². The minimum absolute atomic E-state index is 0.0637. The van der Waals surface area contributed by atoms with E-state index < -0.39 is 0 Å². The number of rotatable bonds is 1. The molecule has 0 fully saturated rings. The van der Waals surface area contributed by atoms with Gasteiger partial charge in [-0.2, -0.15) is 0 Å². The number of hydrogen-bond acceptors (Lipinski definition) is 3. The molecule has 0 aromatic heterocycles. The lowest BCUT2D eigenvalue weighted by Crippen LogP contribution is -2.26. The highest BCUT2D eigenvalue weighted by atomic mass is 16.3. The van der Waals surface area contributed by atoms with Gasteiger partial charge in [-0.15, -0.1) is 0 Å². The molecular formula is C9H13NO2. The van der Waals surface area contributed by atoms with Gasteiger partial charge in [-0.25, -0.2) is 0 Å². The van der Waals surface area contributed by atoms with E-state index in [1.165, 1.54) is 0 Å². The first-order valence-electron chi connectivity index (χ1n) is 3.96. The summed E-state index contributed by atoms with van der Waals surface area (Å²) < 4.78 is 0. The van der Waals surface area contributed by atoms with Crippen molar-refractivity contribution in [3.05, 3.63) is 11.3 Å². The molecule has 1 aliphatic rings. The fourth-order valence-corrected chi connectivity index (χ4v) is 1.32. The van der Waals surface area contributed by atoms with Gasteiger partial charge >= 0.3 is 0 Å². The maximum Gasteiger partial charge on any atom is 0.167 e. The fraction of sp³-hybridized carbons (Fsp3) is 0.556. The van der Waals surface area contributed by atoms with Crippen LogP contribution in [0.25, 0.3) is 0 Å². The molecule has 1 aliphatic carbocycles. The summed E-state index contributed by atoms with van der Waals surface area (Å²) in [7, 11) is 0. The Bertz CT molecular complexity index is 264. The number of nitrogens with one attached hydrogen (secondary N) is 1. The zero-order valence-corrected chi connectivity index (χ0v) is 7.35. The zero-order chi connectivity index (χ0) is 9.35. The predicted octanol–water partition coefficient (Wildman–Crippen LogP) is 1.84. The average molecular weight is 167 g/mol. The minimum Gasteiger partial charge on any atom is -0.511 e. The Hall–Kier alpha value is -1.12. The summed E-state index contributed by atoms with van der Waals surface area (Å²) in [6.07, 6.45) is 2.04. The standard InChI is InChI=1S/C9H13NO2/c1-9(2)4-3-7(11)6(5-10)8(9)12/h5,10,12H,3-4H2,1-2H3. The highest BCUT2D eigenvalue weighted by molar-refractivity contribution is 6.13. The van der Waals surface area contributed by atoms with Gasteiger partial charge in [-0.05, 0) is 6.42 Å². The molecule has 0 bridgehead atoms. The lowest BCUT2D eigenvalue weighted by Gasteiger charge is -2.28. The summed E-state index contributed by atoms with van der Waals surface area (Å²) in [6, 6.07) is 0. The Labute approximate surface area is 71.6 Å². The van der Waals surface area contributed by atoms with E-state index >= 15 is 0 Å². The van der Waals surface area contributed by atoms with E-state index in [0.29, 0.717) is 12.8 Å². The normalized spacial score (nSPS) is 22.7. The second kappa shape index (κ2) is 2.73. The Morgan fingerprint density at radius 2 is 2.17 bits per heavy atom. The van der Waals surface area contributed by atoms with Crippen LogP contribution in [-0.2, 0) is 4.79 Å². The van der Waals surface area contributed by atoms with Crippen molar-refractivity contribution >= 4 is 12.0 Å². The molecule has 0 aromatic rings. The van der Waals surface area contributed by atoms with Crippen molar-refractivity contribution in [3.8, 4) is 0 Å². The molecule has 0 heterocycles. The highest BCUT2D eigenvalue weighted by Gasteiger charge is 2.33. The van der Waals surface area contributed by atoms with Crippen molar-refractivity contribution in [1.29, 1.82) is 5.41 Å². The lowest BCUT2D eigenvalue weighted by atomic mass is 9.77. The molecule has 0 unspecified atom stereocenters. The van der Waals surface area contributed by atoms with Crippen LogP contribution in [0.2, 0.25) is 0 Å². The van der Waals surface area contributed by atoms with Crippen LogP contribution >= 0.6 is 0 Å². The molecule has 0 saturated heterocycles. The Balaban J connectivity index is 3.16. The van der Waals surface area contributed by atoms with Crippen LogP contribution in [0.1, 0.15) is 26.7 Å². The third-order valence-electron chi connectivity index (χ3n) is 2.32. The fourth-order valence-electron chi connectivity index (χ4n) is 1.32. The number of hydrogen-bond donors (Lipinski definition) is 2. The van der Waals surface area contributed by atoms with Gasteiger partial charge < -0.3 is 10.5 Å². The quantitative estimate of drug-likeness (QED) is 0.585. The predicted molar refractivity (Wildman–Crippen MR) is 46.5 cm³/mol. The monoisotopic (exact) mass is 167 g/mol. The Morgan fingerprint density at radius 1 is 1.58 bits per heavy atom. The van der Waals surface area contributed by atoms with Crippen molar-refractivity contribution in [1.82, 2.24) is 0 Å². The number of aliphatic hydroxyl groups excluding tert-OH is 1. The Kier molecular flexibility index (Phi) is 2.04. The first kappa shape index (κ1) is 8.97. The van der Waals surface area contributed by atoms with Gasteiger partial charge in [-0.1, -0.05) is 13.8 Å². The van der Waals surface area contributed by atoms with Gasteiger partial charge in [0.15, 0.2) is 5.78 Å². The van der Waals surface area contributed by atoms with E-state index in [1.54, 1.807) is 0 Å². The molecule has 0 atom stereocenters. The number of aliphatic hydroxyl groups is 1. The van der Waals surface area contributed by atoms with Gasteiger partial charge in [0.2, 0.25) is 0 Å².